The normalized spacial score (nSPS) is 20.2. The summed E-state index contributed by atoms with van der Waals surface area (Å²) in [7, 11) is 1.72. The van der Waals surface area contributed by atoms with Crippen molar-refractivity contribution >= 4 is 0 Å². The summed E-state index contributed by atoms with van der Waals surface area (Å²) in [6.45, 7) is 4.14. The van der Waals surface area contributed by atoms with Crippen molar-refractivity contribution in [3.8, 4) is 5.75 Å². The Labute approximate surface area is 109 Å². The van der Waals surface area contributed by atoms with E-state index in [1.54, 1.807) is 7.11 Å². The lowest BCUT2D eigenvalue weighted by atomic mass is 9.88. The summed E-state index contributed by atoms with van der Waals surface area (Å²) in [5, 5.41) is 0. The molecule has 0 aliphatic heterocycles. The molecule has 1 aliphatic rings. The van der Waals surface area contributed by atoms with E-state index in [9.17, 15) is 0 Å². The predicted molar refractivity (Wildman–Crippen MR) is 72.7 cm³/mol. The third kappa shape index (κ3) is 2.85. The van der Waals surface area contributed by atoms with E-state index in [-0.39, 0.29) is 11.6 Å². The van der Waals surface area contributed by atoms with E-state index in [0.717, 1.165) is 17.7 Å². The Morgan fingerprint density at radius 3 is 2.39 bits per heavy atom. The van der Waals surface area contributed by atoms with Crippen molar-refractivity contribution in [2.75, 3.05) is 7.11 Å². The quantitative estimate of drug-likeness (QED) is 0.842. The van der Waals surface area contributed by atoms with Crippen LogP contribution >= 0.6 is 0 Å². The molecule has 0 aromatic heterocycles. The van der Waals surface area contributed by atoms with Gasteiger partial charge in [-0.3, -0.25) is 0 Å². The van der Waals surface area contributed by atoms with Gasteiger partial charge >= 0.3 is 0 Å². The molecule has 1 fully saturated rings. The first-order valence-electron chi connectivity index (χ1n) is 6.66. The minimum atomic E-state index is -0.321. The van der Waals surface area contributed by atoms with Crippen LogP contribution in [0.2, 0.25) is 0 Å². The zero-order valence-electron chi connectivity index (χ0n) is 11.5. The fourth-order valence-corrected chi connectivity index (χ4v) is 1.98. The standard InChI is InChI=1S/C15H23NO2/c1-4-15(2,17-3)14(16)11-5-7-12(8-6-11)18-13-9-10-13/h5-8,13-14H,4,9-10,16H2,1-3H3. The van der Waals surface area contributed by atoms with E-state index >= 15 is 0 Å². The van der Waals surface area contributed by atoms with E-state index in [4.69, 9.17) is 15.2 Å². The Kier molecular flexibility index (Phi) is 3.93. The topological polar surface area (TPSA) is 44.5 Å². The third-order valence-corrected chi connectivity index (χ3v) is 3.89. The van der Waals surface area contributed by atoms with Crippen LogP contribution in [0.25, 0.3) is 0 Å². The van der Waals surface area contributed by atoms with Gasteiger partial charge in [0.25, 0.3) is 0 Å². The van der Waals surface area contributed by atoms with Crippen LogP contribution in [-0.2, 0) is 4.74 Å². The number of rotatable bonds is 6. The minimum Gasteiger partial charge on any atom is -0.490 e. The lowest BCUT2D eigenvalue weighted by Crippen LogP contribution is -2.39. The number of hydrogen-bond acceptors (Lipinski definition) is 3. The van der Waals surface area contributed by atoms with Crippen molar-refractivity contribution in [3.63, 3.8) is 0 Å². The van der Waals surface area contributed by atoms with E-state index < -0.39 is 0 Å². The van der Waals surface area contributed by atoms with Crippen LogP contribution in [0.4, 0.5) is 0 Å². The molecule has 0 amide bonds. The van der Waals surface area contributed by atoms with Gasteiger partial charge in [0.15, 0.2) is 0 Å². The van der Waals surface area contributed by atoms with Crippen molar-refractivity contribution in [2.45, 2.75) is 50.9 Å². The summed E-state index contributed by atoms with van der Waals surface area (Å²) in [4.78, 5) is 0. The van der Waals surface area contributed by atoms with Gasteiger partial charge in [0.05, 0.1) is 17.7 Å². The van der Waals surface area contributed by atoms with Gasteiger partial charge in [0, 0.05) is 7.11 Å². The molecule has 1 aromatic rings. The first-order valence-corrected chi connectivity index (χ1v) is 6.66. The molecule has 2 N–H and O–H groups in total. The highest BCUT2D eigenvalue weighted by atomic mass is 16.5. The van der Waals surface area contributed by atoms with Crippen LogP contribution in [0.15, 0.2) is 24.3 Å². The van der Waals surface area contributed by atoms with Crippen LogP contribution < -0.4 is 10.5 Å². The zero-order chi connectivity index (χ0) is 13.2. The van der Waals surface area contributed by atoms with E-state index in [2.05, 4.69) is 6.92 Å². The van der Waals surface area contributed by atoms with E-state index in [1.807, 2.05) is 31.2 Å². The molecule has 0 bridgehead atoms. The molecule has 2 atom stereocenters. The second-order valence-electron chi connectivity index (χ2n) is 5.23. The molecule has 0 heterocycles. The number of hydrogen-bond donors (Lipinski definition) is 1. The average Bonchev–Trinajstić information content (AvgIpc) is 3.22. The molecule has 3 nitrogen and oxygen atoms in total. The van der Waals surface area contributed by atoms with Crippen LogP contribution in [0.1, 0.15) is 44.7 Å². The van der Waals surface area contributed by atoms with Crippen molar-refractivity contribution < 1.29 is 9.47 Å². The number of benzene rings is 1. The van der Waals surface area contributed by atoms with Gasteiger partial charge in [-0.1, -0.05) is 19.1 Å². The lowest BCUT2D eigenvalue weighted by Gasteiger charge is -2.33. The average molecular weight is 249 g/mol. The monoisotopic (exact) mass is 249 g/mol. The fraction of sp³-hybridized carbons (Fsp3) is 0.600. The Bertz CT molecular complexity index is 380. The first-order chi connectivity index (χ1) is 8.59. The number of methoxy groups -OCH3 is 1. The van der Waals surface area contributed by atoms with E-state index in [0.29, 0.717) is 6.10 Å². The van der Waals surface area contributed by atoms with Gasteiger partial charge in [0.1, 0.15) is 5.75 Å². The van der Waals surface area contributed by atoms with Crippen molar-refractivity contribution in [3.05, 3.63) is 29.8 Å². The molecular weight excluding hydrogens is 226 g/mol. The van der Waals surface area contributed by atoms with Crippen LogP contribution in [0.3, 0.4) is 0 Å². The van der Waals surface area contributed by atoms with Crippen LogP contribution in [-0.4, -0.2) is 18.8 Å². The van der Waals surface area contributed by atoms with Gasteiger partial charge in [-0.15, -0.1) is 0 Å². The summed E-state index contributed by atoms with van der Waals surface area (Å²) in [5.41, 5.74) is 7.06. The molecule has 1 saturated carbocycles. The van der Waals surface area contributed by atoms with Gasteiger partial charge in [-0.2, -0.15) is 0 Å². The van der Waals surface area contributed by atoms with Gasteiger partial charge < -0.3 is 15.2 Å². The van der Waals surface area contributed by atoms with Crippen LogP contribution in [0, 0.1) is 0 Å². The maximum Gasteiger partial charge on any atom is 0.119 e. The summed E-state index contributed by atoms with van der Waals surface area (Å²) < 4.78 is 11.3. The van der Waals surface area contributed by atoms with Crippen LogP contribution in [0.5, 0.6) is 5.75 Å². The Morgan fingerprint density at radius 2 is 1.94 bits per heavy atom. The summed E-state index contributed by atoms with van der Waals surface area (Å²) in [6, 6.07) is 7.95. The molecule has 0 radical (unpaired) electrons. The second-order valence-corrected chi connectivity index (χ2v) is 5.23. The van der Waals surface area contributed by atoms with Crippen molar-refractivity contribution in [1.82, 2.24) is 0 Å². The highest BCUT2D eigenvalue weighted by molar-refractivity contribution is 5.30. The van der Waals surface area contributed by atoms with E-state index in [1.165, 1.54) is 12.8 Å². The molecule has 2 unspecified atom stereocenters. The predicted octanol–water partition coefficient (Wildman–Crippen LogP) is 3.04. The molecule has 0 saturated heterocycles. The second kappa shape index (κ2) is 5.29. The maximum absolute atomic E-state index is 6.29. The maximum atomic E-state index is 6.29. The van der Waals surface area contributed by atoms with Gasteiger partial charge in [-0.25, -0.2) is 0 Å². The fourth-order valence-electron chi connectivity index (χ4n) is 1.98. The molecular formula is C15H23NO2. The summed E-state index contributed by atoms with van der Waals surface area (Å²) >= 11 is 0. The molecule has 2 rings (SSSR count). The highest BCUT2D eigenvalue weighted by Gasteiger charge is 2.31. The zero-order valence-corrected chi connectivity index (χ0v) is 11.5. The highest BCUT2D eigenvalue weighted by Crippen LogP contribution is 2.31. The minimum absolute atomic E-state index is 0.123. The Hall–Kier alpha value is -1.06. The molecule has 18 heavy (non-hydrogen) atoms. The summed E-state index contributed by atoms with van der Waals surface area (Å²) in [5.74, 6) is 0.934. The molecule has 100 valence electrons. The lowest BCUT2D eigenvalue weighted by molar-refractivity contribution is -0.0194. The SMILES string of the molecule is CCC(C)(OC)C(N)c1ccc(OC2CC2)cc1. The first kappa shape index (κ1) is 13.4. The molecule has 1 aliphatic carbocycles. The molecule has 1 aromatic carbocycles. The summed E-state index contributed by atoms with van der Waals surface area (Å²) in [6.07, 6.45) is 3.67. The number of ether oxygens (including phenoxy) is 2. The largest absolute Gasteiger partial charge is 0.490 e. The smallest absolute Gasteiger partial charge is 0.119 e. The third-order valence-electron chi connectivity index (χ3n) is 3.89. The van der Waals surface area contributed by atoms with Crippen molar-refractivity contribution in [2.24, 2.45) is 5.73 Å². The Balaban J connectivity index is 2.07. The van der Waals surface area contributed by atoms with Gasteiger partial charge in [-0.05, 0) is 43.9 Å². The number of nitrogens with two attached hydrogens (primary N) is 1. The Morgan fingerprint density at radius 1 is 1.33 bits per heavy atom. The van der Waals surface area contributed by atoms with Gasteiger partial charge in [0.2, 0.25) is 0 Å². The molecule has 0 spiro atoms. The van der Waals surface area contributed by atoms with Crippen molar-refractivity contribution in [1.29, 1.82) is 0 Å². The molecule has 3 heteroatoms.